The number of nitrogens with one attached hydrogen (secondary N) is 1. The molecule has 1 aromatic heterocycles. The molecule has 1 N–H and O–H groups in total. The number of halogens is 1. The van der Waals surface area contributed by atoms with Crippen LogP contribution in [0.2, 0.25) is 5.15 Å². The van der Waals surface area contributed by atoms with Gasteiger partial charge in [0.15, 0.2) is 5.16 Å². The first-order valence-electron chi connectivity index (χ1n) is 11.4. The van der Waals surface area contributed by atoms with Gasteiger partial charge in [-0.1, -0.05) is 84.0 Å². The molecule has 0 saturated carbocycles. The lowest BCUT2D eigenvalue weighted by Gasteiger charge is -2.33. The number of benzene rings is 2. The molecule has 1 aliphatic rings. The highest BCUT2D eigenvalue weighted by atomic mass is 35.5. The zero-order valence-corrected chi connectivity index (χ0v) is 20.2. The third-order valence-corrected chi connectivity index (χ3v) is 6.92. The fraction of sp³-hybridized carbons (Fsp3) is 0.346. The number of thioether (sulfide) groups is 1. The maximum absolute atomic E-state index is 12.2. The molecule has 0 unspecified atom stereocenters. The number of carbonyl (C=O) groups excluding carboxylic acids is 1. The highest BCUT2D eigenvalue weighted by molar-refractivity contribution is 7.99. The molecule has 0 atom stereocenters. The average molecular weight is 481 g/mol. The van der Waals surface area contributed by atoms with Gasteiger partial charge in [0, 0.05) is 25.7 Å². The van der Waals surface area contributed by atoms with E-state index in [9.17, 15) is 4.79 Å². The molecule has 1 saturated heterocycles. The number of hydrogen-bond donors (Lipinski definition) is 1. The summed E-state index contributed by atoms with van der Waals surface area (Å²) < 4.78 is 0. The van der Waals surface area contributed by atoms with Gasteiger partial charge in [0.25, 0.3) is 0 Å². The molecule has 1 aliphatic heterocycles. The summed E-state index contributed by atoms with van der Waals surface area (Å²) in [5.41, 5.74) is 2.61. The Balaban J connectivity index is 1.24. The largest absolute Gasteiger partial charge is 0.356 e. The van der Waals surface area contributed by atoms with Crippen LogP contribution in [0.5, 0.6) is 0 Å². The Hall–Kier alpha value is -2.57. The molecular formula is C26H29ClN4OS. The monoisotopic (exact) mass is 480 g/mol. The van der Waals surface area contributed by atoms with Crippen LogP contribution in [0.4, 0.5) is 5.82 Å². The van der Waals surface area contributed by atoms with Crippen molar-refractivity contribution >= 4 is 35.1 Å². The number of anilines is 1. The van der Waals surface area contributed by atoms with Crippen LogP contribution in [0.25, 0.3) is 0 Å². The van der Waals surface area contributed by atoms with Crippen molar-refractivity contribution < 1.29 is 4.79 Å². The van der Waals surface area contributed by atoms with Gasteiger partial charge in [-0.25, -0.2) is 9.97 Å². The van der Waals surface area contributed by atoms with Gasteiger partial charge in [-0.3, -0.25) is 4.79 Å². The lowest BCUT2D eigenvalue weighted by Crippen LogP contribution is -2.35. The number of piperidine rings is 1. The zero-order chi connectivity index (χ0) is 22.9. The van der Waals surface area contributed by atoms with Crippen LogP contribution in [0.1, 0.15) is 24.0 Å². The molecule has 1 amide bonds. The molecule has 0 bridgehead atoms. The standard InChI is InChI=1S/C26H29ClN4OS/c27-23-18-24(31-15-12-22(13-16-31)17-21-9-5-2-6-10-21)30-26(29-23)33-19-25(32)28-14-11-20-7-3-1-4-8-20/h1-10,18,22H,11-17,19H2,(H,28,32). The third kappa shape index (κ3) is 7.47. The minimum absolute atomic E-state index is 0.0252. The van der Waals surface area contributed by atoms with Crippen LogP contribution < -0.4 is 10.2 Å². The highest BCUT2D eigenvalue weighted by Crippen LogP contribution is 2.27. The van der Waals surface area contributed by atoms with Crippen molar-refractivity contribution in [3.8, 4) is 0 Å². The summed E-state index contributed by atoms with van der Waals surface area (Å²) in [5, 5.41) is 3.92. The van der Waals surface area contributed by atoms with Crippen LogP contribution in [0.3, 0.4) is 0 Å². The second kappa shape index (κ2) is 12.1. The van der Waals surface area contributed by atoms with E-state index >= 15 is 0 Å². The molecule has 33 heavy (non-hydrogen) atoms. The molecule has 3 aromatic rings. The van der Waals surface area contributed by atoms with E-state index in [0.29, 0.717) is 22.8 Å². The molecule has 2 aromatic carbocycles. The van der Waals surface area contributed by atoms with E-state index in [1.165, 1.54) is 22.9 Å². The SMILES string of the molecule is O=C(CSc1nc(Cl)cc(N2CCC(Cc3ccccc3)CC2)n1)NCCc1ccccc1. The predicted octanol–water partition coefficient (Wildman–Crippen LogP) is 5.04. The maximum atomic E-state index is 12.2. The van der Waals surface area contributed by atoms with Gasteiger partial charge >= 0.3 is 0 Å². The fourth-order valence-corrected chi connectivity index (χ4v) is 5.01. The zero-order valence-electron chi connectivity index (χ0n) is 18.6. The summed E-state index contributed by atoms with van der Waals surface area (Å²) in [4.78, 5) is 23.5. The summed E-state index contributed by atoms with van der Waals surface area (Å²) >= 11 is 7.60. The lowest BCUT2D eigenvalue weighted by atomic mass is 9.90. The first kappa shape index (κ1) is 23.6. The quantitative estimate of drug-likeness (QED) is 0.264. The van der Waals surface area contributed by atoms with Gasteiger partial charge in [0.2, 0.25) is 5.91 Å². The Morgan fingerprint density at radius 1 is 1.00 bits per heavy atom. The van der Waals surface area contributed by atoms with Gasteiger partial charge in [-0.15, -0.1) is 0 Å². The van der Waals surface area contributed by atoms with E-state index in [-0.39, 0.29) is 11.7 Å². The Morgan fingerprint density at radius 2 is 1.67 bits per heavy atom. The van der Waals surface area contributed by atoms with Crippen LogP contribution in [0, 0.1) is 5.92 Å². The first-order valence-corrected chi connectivity index (χ1v) is 12.8. The Morgan fingerprint density at radius 3 is 2.36 bits per heavy atom. The van der Waals surface area contributed by atoms with Gasteiger partial charge < -0.3 is 10.2 Å². The molecule has 0 spiro atoms. The van der Waals surface area contributed by atoms with Gasteiger partial charge in [-0.2, -0.15) is 0 Å². The molecule has 172 valence electrons. The van der Waals surface area contributed by atoms with Crippen LogP contribution in [-0.4, -0.2) is 41.3 Å². The smallest absolute Gasteiger partial charge is 0.230 e. The lowest BCUT2D eigenvalue weighted by molar-refractivity contribution is -0.118. The number of carbonyl (C=O) groups is 1. The van der Waals surface area contributed by atoms with Crippen molar-refractivity contribution in [1.82, 2.24) is 15.3 Å². The minimum Gasteiger partial charge on any atom is -0.356 e. The summed E-state index contributed by atoms with van der Waals surface area (Å²) in [6.45, 7) is 2.52. The summed E-state index contributed by atoms with van der Waals surface area (Å²) in [5.74, 6) is 1.78. The Labute approximate surface area is 205 Å². The van der Waals surface area contributed by atoms with E-state index in [1.807, 2.05) is 24.3 Å². The van der Waals surface area contributed by atoms with Crippen LogP contribution in [-0.2, 0) is 17.6 Å². The van der Waals surface area contributed by atoms with Crippen molar-refractivity contribution in [3.05, 3.63) is 83.0 Å². The normalized spacial score (nSPS) is 14.3. The number of rotatable bonds is 9. The molecule has 0 radical (unpaired) electrons. The van der Waals surface area contributed by atoms with Crippen molar-refractivity contribution in [1.29, 1.82) is 0 Å². The molecular weight excluding hydrogens is 452 g/mol. The number of nitrogens with zero attached hydrogens (tertiary/aromatic N) is 3. The van der Waals surface area contributed by atoms with E-state index < -0.39 is 0 Å². The van der Waals surface area contributed by atoms with E-state index in [1.54, 1.807) is 0 Å². The molecule has 4 rings (SSSR count). The van der Waals surface area contributed by atoms with Crippen molar-refractivity contribution in [2.45, 2.75) is 30.8 Å². The Kier molecular flexibility index (Phi) is 8.61. The second-order valence-corrected chi connectivity index (χ2v) is 9.66. The minimum atomic E-state index is -0.0252. The maximum Gasteiger partial charge on any atom is 0.230 e. The summed E-state index contributed by atoms with van der Waals surface area (Å²) in [6, 6.07) is 22.6. The molecule has 1 fully saturated rings. The van der Waals surface area contributed by atoms with Crippen LogP contribution >= 0.6 is 23.4 Å². The van der Waals surface area contributed by atoms with Crippen molar-refractivity contribution in [2.24, 2.45) is 5.92 Å². The van der Waals surface area contributed by atoms with Gasteiger partial charge in [-0.05, 0) is 42.7 Å². The molecule has 5 nitrogen and oxygen atoms in total. The van der Waals surface area contributed by atoms with E-state index in [4.69, 9.17) is 11.6 Å². The summed E-state index contributed by atoms with van der Waals surface area (Å²) in [6.07, 6.45) is 4.20. The molecule has 2 heterocycles. The van der Waals surface area contributed by atoms with Gasteiger partial charge in [0.1, 0.15) is 11.0 Å². The first-order chi connectivity index (χ1) is 16.2. The summed E-state index contributed by atoms with van der Waals surface area (Å²) in [7, 11) is 0. The fourth-order valence-electron chi connectivity index (χ4n) is 4.10. The number of hydrogen-bond acceptors (Lipinski definition) is 5. The highest BCUT2D eigenvalue weighted by Gasteiger charge is 2.21. The topological polar surface area (TPSA) is 58.1 Å². The number of amides is 1. The van der Waals surface area contributed by atoms with Gasteiger partial charge in [0.05, 0.1) is 5.75 Å². The third-order valence-electron chi connectivity index (χ3n) is 5.88. The molecule has 0 aliphatic carbocycles. The Bertz CT molecular complexity index is 1030. The second-order valence-electron chi connectivity index (χ2n) is 8.33. The van der Waals surface area contributed by atoms with Crippen molar-refractivity contribution in [3.63, 3.8) is 0 Å². The van der Waals surface area contributed by atoms with E-state index in [0.717, 1.165) is 44.6 Å². The predicted molar refractivity (Wildman–Crippen MR) is 136 cm³/mol. The van der Waals surface area contributed by atoms with E-state index in [2.05, 4.69) is 62.6 Å². The van der Waals surface area contributed by atoms with Crippen LogP contribution in [0.15, 0.2) is 71.9 Å². The number of aromatic nitrogens is 2. The molecule has 7 heteroatoms. The average Bonchev–Trinajstić information content (AvgIpc) is 2.84. The van der Waals surface area contributed by atoms with Crippen molar-refractivity contribution in [2.75, 3.05) is 30.3 Å².